The molecule has 0 spiro atoms. The van der Waals surface area contributed by atoms with Crippen molar-refractivity contribution in [2.45, 2.75) is 6.04 Å². The van der Waals surface area contributed by atoms with Gasteiger partial charge in [0, 0.05) is 9.35 Å². The van der Waals surface area contributed by atoms with Gasteiger partial charge in [0.25, 0.3) is 0 Å². The molecule has 0 aliphatic carbocycles. The second kappa shape index (κ2) is 5.14. The first kappa shape index (κ1) is 13.1. The zero-order valence-corrected chi connectivity index (χ0v) is 12.4. The second-order valence-corrected chi connectivity index (χ2v) is 6.68. The molecule has 2 rings (SSSR count). The first-order chi connectivity index (χ1) is 7.99. The van der Waals surface area contributed by atoms with Crippen molar-refractivity contribution >= 4 is 43.2 Å². The number of nitrogens with two attached hydrogens (primary N) is 1. The smallest absolute Gasteiger partial charge is 0.159 e. The summed E-state index contributed by atoms with van der Waals surface area (Å²) in [4.78, 5) is 0.870. The Labute approximate surface area is 118 Å². The summed E-state index contributed by atoms with van der Waals surface area (Å²) in [5.41, 5.74) is 6.54. The van der Waals surface area contributed by atoms with Crippen molar-refractivity contribution in [3.05, 3.63) is 54.6 Å². The van der Waals surface area contributed by atoms with Crippen LogP contribution in [0.3, 0.4) is 0 Å². The lowest BCUT2D eigenvalue weighted by Gasteiger charge is -2.09. The number of hydrogen-bond acceptors (Lipinski definition) is 2. The Kier molecular flexibility index (Phi) is 3.97. The van der Waals surface area contributed by atoms with E-state index in [1.165, 1.54) is 17.4 Å². The van der Waals surface area contributed by atoms with Crippen molar-refractivity contribution in [1.82, 2.24) is 0 Å². The largest absolute Gasteiger partial charge is 0.320 e. The van der Waals surface area contributed by atoms with Gasteiger partial charge in [-0.3, -0.25) is 0 Å². The van der Waals surface area contributed by atoms with E-state index in [1.807, 2.05) is 6.07 Å². The molecule has 1 nitrogen and oxygen atoms in total. The molecule has 1 unspecified atom stereocenters. The summed E-state index contributed by atoms with van der Waals surface area (Å²) < 4.78 is 27.7. The first-order valence-electron chi connectivity index (χ1n) is 4.64. The monoisotopic (exact) mass is 381 g/mol. The number of benzene rings is 1. The third kappa shape index (κ3) is 2.76. The molecular formula is C11H7Br2F2NS. The van der Waals surface area contributed by atoms with Crippen LogP contribution in [0.5, 0.6) is 0 Å². The minimum absolute atomic E-state index is 0.460. The van der Waals surface area contributed by atoms with Gasteiger partial charge in [-0.25, -0.2) is 8.78 Å². The molecule has 0 saturated heterocycles. The lowest BCUT2D eigenvalue weighted by molar-refractivity contribution is 0.506. The van der Waals surface area contributed by atoms with Crippen LogP contribution in [0.2, 0.25) is 0 Å². The summed E-state index contributed by atoms with van der Waals surface area (Å²) in [6.45, 7) is 0. The van der Waals surface area contributed by atoms with Crippen molar-refractivity contribution in [2.75, 3.05) is 0 Å². The first-order valence-corrected chi connectivity index (χ1v) is 7.04. The number of thiophene rings is 1. The van der Waals surface area contributed by atoms with E-state index in [4.69, 9.17) is 5.73 Å². The maximum atomic E-state index is 13.1. The van der Waals surface area contributed by atoms with E-state index >= 15 is 0 Å². The summed E-state index contributed by atoms with van der Waals surface area (Å²) in [7, 11) is 0. The molecule has 90 valence electrons. The molecule has 17 heavy (non-hydrogen) atoms. The Morgan fingerprint density at radius 2 is 1.82 bits per heavy atom. The van der Waals surface area contributed by atoms with E-state index in [-0.39, 0.29) is 0 Å². The topological polar surface area (TPSA) is 26.0 Å². The van der Waals surface area contributed by atoms with E-state index < -0.39 is 17.7 Å². The molecule has 0 radical (unpaired) electrons. The zero-order chi connectivity index (χ0) is 12.6. The second-order valence-electron chi connectivity index (χ2n) is 3.42. The van der Waals surface area contributed by atoms with Gasteiger partial charge in [0.2, 0.25) is 0 Å². The predicted molar refractivity (Wildman–Crippen MR) is 72.1 cm³/mol. The molecule has 0 bridgehead atoms. The summed E-state index contributed by atoms with van der Waals surface area (Å²) in [5.74, 6) is -1.75. The van der Waals surface area contributed by atoms with Crippen LogP contribution in [0.25, 0.3) is 0 Å². The number of halogens is 4. The predicted octanol–water partition coefficient (Wildman–Crippen LogP) is 4.60. The molecule has 0 aliphatic heterocycles. The van der Waals surface area contributed by atoms with Gasteiger partial charge in [0.15, 0.2) is 11.6 Å². The standard InChI is InChI=1S/C11H7Br2F2NS/c12-6-4-9(17-11(6)13)10(16)5-1-2-7(14)8(15)3-5/h1-4,10H,16H2. The van der Waals surface area contributed by atoms with Gasteiger partial charge in [0.1, 0.15) is 0 Å². The minimum atomic E-state index is -0.882. The van der Waals surface area contributed by atoms with Gasteiger partial charge in [-0.05, 0) is 55.6 Å². The molecule has 1 aromatic heterocycles. The SMILES string of the molecule is NC(c1ccc(F)c(F)c1)c1cc(Br)c(Br)s1. The minimum Gasteiger partial charge on any atom is -0.320 e. The highest BCUT2D eigenvalue weighted by molar-refractivity contribution is 9.13. The van der Waals surface area contributed by atoms with Crippen LogP contribution < -0.4 is 5.73 Å². The molecule has 0 amide bonds. The lowest BCUT2D eigenvalue weighted by atomic mass is 10.1. The van der Waals surface area contributed by atoms with Crippen LogP contribution in [0.4, 0.5) is 8.78 Å². The van der Waals surface area contributed by atoms with Gasteiger partial charge in [-0.2, -0.15) is 0 Å². The molecule has 6 heteroatoms. The van der Waals surface area contributed by atoms with E-state index in [9.17, 15) is 8.78 Å². The fourth-order valence-corrected chi connectivity index (χ4v) is 3.51. The lowest BCUT2D eigenvalue weighted by Crippen LogP contribution is -2.10. The van der Waals surface area contributed by atoms with Crippen molar-refractivity contribution in [3.63, 3.8) is 0 Å². The highest BCUT2D eigenvalue weighted by Crippen LogP contribution is 2.36. The normalized spacial score (nSPS) is 12.8. The average Bonchev–Trinajstić information content (AvgIpc) is 2.62. The highest BCUT2D eigenvalue weighted by atomic mass is 79.9. The van der Waals surface area contributed by atoms with Crippen LogP contribution >= 0.6 is 43.2 Å². The molecule has 1 heterocycles. The van der Waals surface area contributed by atoms with Gasteiger partial charge >= 0.3 is 0 Å². The Hall–Kier alpha value is -0.300. The van der Waals surface area contributed by atoms with E-state index in [0.29, 0.717) is 5.56 Å². The molecular weight excluding hydrogens is 376 g/mol. The summed E-state index contributed by atoms with van der Waals surface area (Å²) in [5, 5.41) is 0. The fourth-order valence-electron chi connectivity index (χ4n) is 1.39. The third-order valence-corrected chi connectivity index (χ3v) is 5.61. The van der Waals surface area contributed by atoms with Crippen molar-refractivity contribution in [1.29, 1.82) is 0 Å². The molecule has 1 atom stereocenters. The van der Waals surface area contributed by atoms with Crippen molar-refractivity contribution in [3.8, 4) is 0 Å². The maximum absolute atomic E-state index is 13.1. The quantitative estimate of drug-likeness (QED) is 0.806. The van der Waals surface area contributed by atoms with E-state index in [0.717, 1.165) is 25.3 Å². The Morgan fingerprint density at radius 1 is 1.12 bits per heavy atom. The Balaban J connectivity index is 2.36. The van der Waals surface area contributed by atoms with Crippen LogP contribution in [-0.4, -0.2) is 0 Å². The average molecular weight is 383 g/mol. The number of hydrogen-bond donors (Lipinski definition) is 1. The fraction of sp³-hybridized carbons (Fsp3) is 0.0909. The van der Waals surface area contributed by atoms with Crippen LogP contribution in [0.15, 0.2) is 32.5 Å². The molecule has 2 N–H and O–H groups in total. The number of rotatable bonds is 2. The maximum Gasteiger partial charge on any atom is 0.159 e. The molecule has 1 aromatic carbocycles. The van der Waals surface area contributed by atoms with Gasteiger partial charge < -0.3 is 5.73 Å². The zero-order valence-electron chi connectivity index (χ0n) is 8.38. The van der Waals surface area contributed by atoms with Crippen LogP contribution in [-0.2, 0) is 0 Å². The van der Waals surface area contributed by atoms with E-state index in [2.05, 4.69) is 31.9 Å². The molecule has 0 fully saturated rings. The molecule has 2 aromatic rings. The van der Waals surface area contributed by atoms with Gasteiger partial charge in [0.05, 0.1) is 9.83 Å². The summed E-state index contributed by atoms with van der Waals surface area (Å²) in [6.07, 6.45) is 0. The van der Waals surface area contributed by atoms with Crippen molar-refractivity contribution in [2.24, 2.45) is 5.73 Å². The third-order valence-electron chi connectivity index (χ3n) is 2.27. The highest BCUT2D eigenvalue weighted by Gasteiger charge is 2.15. The summed E-state index contributed by atoms with van der Waals surface area (Å²) in [6, 6.07) is 5.10. The van der Waals surface area contributed by atoms with Crippen LogP contribution in [0.1, 0.15) is 16.5 Å². The van der Waals surface area contributed by atoms with Gasteiger partial charge in [-0.1, -0.05) is 6.07 Å². The molecule has 0 saturated carbocycles. The Bertz CT molecular complexity index is 537. The van der Waals surface area contributed by atoms with Crippen molar-refractivity contribution < 1.29 is 8.78 Å². The Morgan fingerprint density at radius 3 is 2.35 bits per heavy atom. The summed E-state index contributed by atoms with van der Waals surface area (Å²) >= 11 is 8.18. The molecule has 0 aliphatic rings. The van der Waals surface area contributed by atoms with Gasteiger partial charge in [-0.15, -0.1) is 11.3 Å². The van der Waals surface area contributed by atoms with E-state index in [1.54, 1.807) is 0 Å². The van der Waals surface area contributed by atoms with Crippen LogP contribution in [0, 0.1) is 11.6 Å².